The summed E-state index contributed by atoms with van der Waals surface area (Å²) in [5.41, 5.74) is 6.46. The zero-order chi connectivity index (χ0) is 18.4. The van der Waals surface area contributed by atoms with E-state index in [0.29, 0.717) is 5.92 Å². The second-order valence-corrected chi connectivity index (χ2v) is 7.50. The first kappa shape index (κ1) is 16.2. The van der Waals surface area contributed by atoms with Crippen LogP contribution in [0.5, 0.6) is 0 Å². The molecule has 1 amide bonds. The number of aliphatic imine (C=N–C) groups is 1. The van der Waals surface area contributed by atoms with Crippen LogP contribution in [-0.2, 0) is 6.42 Å². The lowest BCUT2D eigenvalue weighted by Gasteiger charge is -2.38. The molecule has 1 saturated heterocycles. The molecule has 1 aromatic heterocycles. The number of aromatic amines is 1. The van der Waals surface area contributed by atoms with Gasteiger partial charge in [0, 0.05) is 37.3 Å². The average Bonchev–Trinajstić information content (AvgIpc) is 3.31. The van der Waals surface area contributed by atoms with Crippen LogP contribution in [0.3, 0.4) is 0 Å². The van der Waals surface area contributed by atoms with E-state index in [1.807, 2.05) is 24.4 Å². The summed E-state index contributed by atoms with van der Waals surface area (Å²) in [6.07, 6.45) is 6.71. The molecule has 2 heterocycles. The molecule has 2 unspecified atom stereocenters. The Morgan fingerprint density at radius 2 is 2.22 bits per heavy atom. The van der Waals surface area contributed by atoms with E-state index >= 15 is 0 Å². The van der Waals surface area contributed by atoms with Crippen LogP contribution in [-0.4, -0.2) is 46.6 Å². The van der Waals surface area contributed by atoms with Gasteiger partial charge >= 0.3 is 0 Å². The van der Waals surface area contributed by atoms with E-state index in [1.54, 1.807) is 13.4 Å². The smallest absolute Gasteiger partial charge is 0.254 e. The van der Waals surface area contributed by atoms with E-state index in [2.05, 4.69) is 38.1 Å². The molecule has 0 spiro atoms. The molecule has 1 N–H and O–H groups in total. The minimum absolute atomic E-state index is 0.129. The first-order valence-electron chi connectivity index (χ1n) is 9.53. The van der Waals surface area contributed by atoms with Gasteiger partial charge in [0.1, 0.15) is 0 Å². The predicted molar refractivity (Wildman–Crippen MR) is 107 cm³/mol. The number of rotatable bonds is 2. The van der Waals surface area contributed by atoms with Crippen molar-refractivity contribution in [2.75, 3.05) is 13.6 Å². The van der Waals surface area contributed by atoms with Crippen molar-refractivity contribution in [2.45, 2.75) is 31.2 Å². The Morgan fingerprint density at radius 1 is 1.30 bits per heavy atom. The first-order valence-corrected chi connectivity index (χ1v) is 9.53. The number of benzene rings is 2. The fraction of sp³-hybridized carbons (Fsp3) is 0.318. The number of nitrogens with zero attached hydrogens (tertiary/aromatic N) is 3. The topological polar surface area (TPSA) is 61.4 Å². The summed E-state index contributed by atoms with van der Waals surface area (Å²) in [6.45, 7) is 0.832. The SMILES string of the molecule is CN=Cc1ccc2c(c1)C1CCCN(C(=O)c3ccc4nc[nH]c4c3)C1C2. The number of fused-ring (bicyclic) bond motifs is 4. The number of amides is 1. The van der Waals surface area contributed by atoms with E-state index < -0.39 is 0 Å². The molecule has 2 aliphatic rings. The van der Waals surface area contributed by atoms with Crippen molar-refractivity contribution in [1.82, 2.24) is 14.9 Å². The monoisotopic (exact) mass is 358 g/mol. The lowest BCUT2D eigenvalue weighted by molar-refractivity contribution is 0.0595. The second-order valence-electron chi connectivity index (χ2n) is 7.50. The number of hydrogen-bond acceptors (Lipinski definition) is 3. The highest BCUT2D eigenvalue weighted by atomic mass is 16.2. The zero-order valence-corrected chi connectivity index (χ0v) is 15.4. The molecule has 0 saturated carbocycles. The van der Waals surface area contributed by atoms with Gasteiger partial charge in [-0.25, -0.2) is 4.98 Å². The fourth-order valence-electron chi connectivity index (χ4n) is 4.76. The number of imidazole rings is 1. The van der Waals surface area contributed by atoms with Crippen molar-refractivity contribution in [3.8, 4) is 0 Å². The summed E-state index contributed by atoms with van der Waals surface area (Å²) in [5.74, 6) is 0.558. The summed E-state index contributed by atoms with van der Waals surface area (Å²) < 4.78 is 0. The third-order valence-corrected chi connectivity index (χ3v) is 5.98. The summed E-state index contributed by atoms with van der Waals surface area (Å²) in [5, 5.41) is 0. The molecule has 1 aliphatic carbocycles. The predicted octanol–water partition coefficient (Wildman–Crippen LogP) is 3.56. The molecular formula is C22H22N4O. The van der Waals surface area contributed by atoms with Gasteiger partial charge in [-0.15, -0.1) is 0 Å². The van der Waals surface area contributed by atoms with Crippen molar-refractivity contribution in [3.05, 3.63) is 65.0 Å². The Hall–Kier alpha value is -2.95. The molecule has 5 rings (SSSR count). The maximum atomic E-state index is 13.3. The molecule has 3 aromatic rings. The number of piperidine rings is 1. The molecule has 2 atom stereocenters. The van der Waals surface area contributed by atoms with Gasteiger partial charge in [-0.1, -0.05) is 12.1 Å². The molecule has 1 aliphatic heterocycles. The van der Waals surface area contributed by atoms with Gasteiger partial charge in [0.2, 0.25) is 0 Å². The molecule has 5 heteroatoms. The summed E-state index contributed by atoms with van der Waals surface area (Å²) in [7, 11) is 1.80. The van der Waals surface area contributed by atoms with Gasteiger partial charge in [-0.3, -0.25) is 9.79 Å². The first-order chi connectivity index (χ1) is 13.2. The van der Waals surface area contributed by atoms with Crippen LogP contribution in [0.2, 0.25) is 0 Å². The van der Waals surface area contributed by atoms with E-state index in [0.717, 1.165) is 48.0 Å². The summed E-state index contributed by atoms with van der Waals surface area (Å²) in [4.78, 5) is 26.9. The number of carbonyl (C=O) groups excluding carboxylic acids is 1. The quantitative estimate of drug-likeness (QED) is 0.712. The molecule has 2 aromatic carbocycles. The van der Waals surface area contributed by atoms with Crippen molar-refractivity contribution in [3.63, 3.8) is 0 Å². The number of aromatic nitrogens is 2. The molecule has 5 nitrogen and oxygen atoms in total. The van der Waals surface area contributed by atoms with Gasteiger partial charge in [-0.05, 0) is 60.2 Å². The maximum absolute atomic E-state index is 13.3. The fourth-order valence-corrected chi connectivity index (χ4v) is 4.76. The van der Waals surface area contributed by atoms with Crippen LogP contribution < -0.4 is 0 Å². The Bertz CT molecular complexity index is 1050. The lowest BCUT2D eigenvalue weighted by Crippen LogP contribution is -2.46. The number of hydrogen-bond donors (Lipinski definition) is 1. The Kier molecular flexibility index (Phi) is 3.81. The molecule has 136 valence electrons. The third-order valence-electron chi connectivity index (χ3n) is 5.98. The summed E-state index contributed by atoms with van der Waals surface area (Å²) >= 11 is 0. The largest absolute Gasteiger partial charge is 0.345 e. The number of nitrogens with one attached hydrogen (secondary N) is 1. The highest BCUT2D eigenvalue weighted by Gasteiger charge is 2.40. The average molecular weight is 358 g/mol. The Balaban J connectivity index is 1.46. The van der Waals surface area contributed by atoms with Gasteiger partial charge in [0.15, 0.2) is 0 Å². The minimum atomic E-state index is 0.129. The number of carbonyl (C=O) groups is 1. The normalized spacial score (nSPS) is 21.6. The zero-order valence-electron chi connectivity index (χ0n) is 15.4. The number of H-pyrrole nitrogens is 1. The minimum Gasteiger partial charge on any atom is -0.345 e. The van der Waals surface area contributed by atoms with Crippen LogP contribution in [0.1, 0.15) is 45.8 Å². The molecule has 0 radical (unpaired) electrons. The van der Waals surface area contributed by atoms with Crippen LogP contribution in [0.4, 0.5) is 0 Å². The Labute approximate surface area is 158 Å². The Morgan fingerprint density at radius 3 is 3.11 bits per heavy atom. The van der Waals surface area contributed by atoms with Gasteiger partial charge in [0.05, 0.1) is 17.4 Å². The van der Waals surface area contributed by atoms with Gasteiger partial charge in [-0.2, -0.15) is 0 Å². The third kappa shape index (κ3) is 2.65. The van der Waals surface area contributed by atoms with Crippen molar-refractivity contribution >= 4 is 23.2 Å². The van der Waals surface area contributed by atoms with Crippen molar-refractivity contribution < 1.29 is 4.79 Å². The standard InChI is InChI=1S/C22H22N4O/c1-23-12-14-4-5-15-11-21-17(18(15)9-14)3-2-8-26(21)22(27)16-6-7-19-20(10-16)25-13-24-19/h4-7,9-10,12-13,17,21H,2-3,8,11H2,1H3,(H,24,25). The highest BCUT2D eigenvalue weighted by Crippen LogP contribution is 2.42. The van der Waals surface area contributed by atoms with E-state index in [1.165, 1.54) is 11.1 Å². The van der Waals surface area contributed by atoms with Crippen molar-refractivity contribution in [1.29, 1.82) is 0 Å². The van der Waals surface area contributed by atoms with Crippen LogP contribution in [0.25, 0.3) is 11.0 Å². The van der Waals surface area contributed by atoms with E-state index in [9.17, 15) is 4.79 Å². The van der Waals surface area contributed by atoms with Crippen molar-refractivity contribution in [2.24, 2.45) is 4.99 Å². The highest BCUT2D eigenvalue weighted by molar-refractivity contribution is 5.97. The molecular weight excluding hydrogens is 336 g/mol. The van der Waals surface area contributed by atoms with Crippen LogP contribution in [0.15, 0.2) is 47.7 Å². The second kappa shape index (κ2) is 6.34. The van der Waals surface area contributed by atoms with Gasteiger partial charge < -0.3 is 9.88 Å². The summed E-state index contributed by atoms with van der Waals surface area (Å²) in [6, 6.07) is 12.6. The molecule has 27 heavy (non-hydrogen) atoms. The number of likely N-dealkylation sites (tertiary alicyclic amines) is 1. The van der Waals surface area contributed by atoms with Gasteiger partial charge in [0.25, 0.3) is 5.91 Å². The van der Waals surface area contributed by atoms with Crippen LogP contribution in [0, 0.1) is 0 Å². The maximum Gasteiger partial charge on any atom is 0.254 e. The van der Waals surface area contributed by atoms with Crippen LogP contribution >= 0.6 is 0 Å². The molecule has 1 fully saturated rings. The molecule has 0 bridgehead atoms. The van der Waals surface area contributed by atoms with E-state index in [-0.39, 0.29) is 11.9 Å². The lowest BCUT2D eigenvalue weighted by atomic mass is 9.88. The van der Waals surface area contributed by atoms with E-state index in [4.69, 9.17) is 0 Å².